The summed E-state index contributed by atoms with van der Waals surface area (Å²) in [6, 6.07) is 8.08. The zero-order valence-electron chi connectivity index (χ0n) is 15.7. The largest absolute Gasteiger partial charge is 0.489 e. The molecule has 0 aliphatic carbocycles. The standard InChI is InChI=1S/C18H31N3O2.HI/c1-7-19-17(21-13-18(4,5)22-6)20-12-15(3)23-16-10-8-9-14(2)11-16;/h8-11,15H,7,12-13H2,1-6H3,(H2,19,20,21);1H. The second-order valence-corrected chi connectivity index (χ2v) is 6.28. The lowest BCUT2D eigenvalue weighted by atomic mass is 10.1. The molecule has 1 atom stereocenters. The zero-order chi connectivity index (χ0) is 17.3. The van der Waals surface area contributed by atoms with E-state index in [4.69, 9.17) is 9.47 Å². The third-order valence-electron chi connectivity index (χ3n) is 3.40. The molecule has 0 saturated carbocycles. The lowest BCUT2D eigenvalue weighted by Crippen LogP contribution is -2.42. The molecule has 0 aliphatic heterocycles. The Morgan fingerprint density at radius 1 is 1.29 bits per heavy atom. The normalized spacial score (nSPS) is 13.0. The van der Waals surface area contributed by atoms with Gasteiger partial charge in [-0.15, -0.1) is 24.0 Å². The van der Waals surface area contributed by atoms with Crippen LogP contribution in [-0.4, -0.2) is 44.4 Å². The van der Waals surface area contributed by atoms with Gasteiger partial charge in [-0.3, -0.25) is 4.99 Å². The third kappa shape index (κ3) is 9.32. The topological polar surface area (TPSA) is 54.9 Å². The monoisotopic (exact) mass is 449 g/mol. The molecular formula is C18H32IN3O2. The Hall–Kier alpha value is -1.02. The number of rotatable bonds is 8. The van der Waals surface area contributed by atoms with E-state index in [1.54, 1.807) is 7.11 Å². The molecule has 0 amide bonds. The van der Waals surface area contributed by atoms with Crippen LogP contribution >= 0.6 is 24.0 Å². The Labute approximate surface area is 163 Å². The van der Waals surface area contributed by atoms with Gasteiger partial charge in [-0.05, 0) is 52.3 Å². The minimum atomic E-state index is -0.272. The lowest BCUT2D eigenvalue weighted by Gasteiger charge is -2.22. The molecule has 6 heteroatoms. The Morgan fingerprint density at radius 2 is 2.00 bits per heavy atom. The molecule has 0 radical (unpaired) electrons. The van der Waals surface area contributed by atoms with Crippen LogP contribution in [0.5, 0.6) is 5.75 Å². The van der Waals surface area contributed by atoms with E-state index in [1.165, 1.54) is 5.56 Å². The molecule has 0 aliphatic rings. The molecule has 0 heterocycles. The van der Waals surface area contributed by atoms with Crippen molar-refractivity contribution in [2.45, 2.75) is 46.3 Å². The second-order valence-electron chi connectivity index (χ2n) is 6.28. The van der Waals surface area contributed by atoms with E-state index in [1.807, 2.05) is 45.9 Å². The Bertz CT molecular complexity index is 507. The molecule has 0 fully saturated rings. The number of guanidine groups is 1. The van der Waals surface area contributed by atoms with Crippen molar-refractivity contribution < 1.29 is 9.47 Å². The molecule has 0 saturated heterocycles. The Morgan fingerprint density at radius 3 is 2.58 bits per heavy atom. The first kappa shape index (κ1) is 23.0. The minimum Gasteiger partial charge on any atom is -0.489 e. The van der Waals surface area contributed by atoms with Crippen LogP contribution in [0.3, 0.4) is 0 Å². The van der Waals surface area contributed by atoms with E-state index in [-0.39, 0.29) is 35.7 Å². The smallest absolute Gasteiger partial charge is 0.191 e. The second kappa shape index (κ2) is 11.5. The highest BCUT2D eigenvalue weighted by atomic mass is 127. The predicted octanol–water partition coefficient (Wildman–Crippen LogP) is 3.36. The van der Waals surface area contributed by atoms with Gasteiger partial charge in [-0.25, -0.2) is 0 Å². The number of halogens is 1. The quantitative estimate of drug-likeness (QED) is 0.363. The number of aryl methyl sites for hydroxylation is 1. The average molecular weight is 449 g/mol. The van der Waals surface area contributed by atoms with Crippen LogP contribution < -0.4 is 15.4 Å². The molecule has 138 valence electrons. The fourth-order valence-electron chi connectivity index (χ4n) is 1.88. The van der Waals surface area contributed by atoms with Gasteiger partial charge in [0.25, 0.3) is 0 Å². The van der Waals surface area contributed by atoms with Crippen molar-refractivity contribution in [1.29, 1.82) is 0 Å². The summed E-state index contributed by atoms with van der Waals surface area (Å²) in [4.78, 5) is 4.56. The highest BCUT2D eigenvalue weighted by molar-refractivity contribution is 14.0. The summed E-state index contributed by atoms with van der Waals surface area (Å²) in [7, 11) is 1.70. The summed E-state index contributed by atoms with van der Waals surface area (Å²) in [6.07, 6.45) is 0.0380. The van der Waals surface area contributed by atoms with E-state index < -0.39 is 0 Å². The molecule has 1 rings (SSSR count). The van der Waals surface area contributed by atoms with E-state index in [0.717, 1.165) is 18.3 Å². The zero-order valence-corrected chi connectivity index (χ0v) is 18.0. The Balaban J connectivity index is 0.00000529. The van der Waals surface area contributed by atoms with Crippen molar-refractivity contribution in [2.24, 2.45) is 4.99 Å². The van der Waals surface area contributed by atoms with Gasteiger partial charge in [0.05, 0.1) is 18.7 Å². The predicted molar refractivity (Wildman–Crippen MR) is 112 cm³/mol. The molecule has 5 nitrogen and oxygen atoms in total. The van der Waals surface area contributed by atoms with Gasteiger partial charge in [-0.1, -0.05) is 12.1 Å². The van der Waals surface area contributed by atoms with Crippen LogP contribution in [-0.2, 0) is 4.74 Å². The average Bonchev–Trinajstić information content (AvgIpc) is 2.50. The summed E-state index contributed by atoms with van der Waals surface area (Å²) in [6.45, 7) is 12.3. The molecular weight excluding hydrogens is 417 g/mol. The van der Waals surface area contributed by atoms with Crippen molar-refractivity contribution in [2.75, 3.05) is 26.7 Å². The number of benzene rings is 1. The van der Waals surface area contributed by atoms with Gasteiger partial charge >= 0.3 is 0 Å². The van der Waals surface area contributed by atoms with Crippen molar-refractivity contribution in [1.82, 2.24) is 10.6 Å². The fourth-order valence-corrected chi connectivity index (χ4v) is 1.88. The van der Waals surface area contributed by atoms with Gasteiger partial charge in [-0.2, -0.15) is 0 Å². The number of nitrogens with zero attached hydrogens (tertiary/aromatic N) is 1. The summed E-state index contributed by atoms with van der Waals surface area (Å²) < 4.78 is 11.3. The number of hydrogen-bond donors (Lipinski definition) is 2. The van der Waals surface area contributed by atoms with Crippen LogP contribution in [0.4, 0.5) is 0 Å². The molecule has 2 N–H and O–H groups in total. The van der Waals surface area contributed by atoms with Gasteiger partial charge in [0.2, 0.25) is 0 Å². The van der Waals surface area contributed by atoms with Crippen molar-refractivity contribution >= 4 is 29.9 Å². The lowest BCUT2D eigenvalue weighted by molar-refractivity contribution is 0.0310. The third-order valence-corrected chi connectivity index (χ3v) is 3.40. The maximum Gasteiger partial charge on any atom is 0.191 e. The number of hydrogen-bond acceptors (Lipinski definition) is 3. The molecule has 0 bridgehead atoms. The first-order chi connectivity index (χ1) is 10.9. The number of nitrogens with one attached hydrogen (secondary N) is 2. The molecule has 24 heavy (non-hydrogen) atoms. The van der Waals surface area contributed by atoms with Gasteiger partial charge < -0.3 is 20.1 Å². The van der Waals surface area contributed by atoms with E-state index >= 15 is 0 Å². The summed E-state index contributed by atoms with van der Waals surface area (Å²) in [5.74, 6) is 1.67. The summed E-state index contributed by atoms with van der Waals surface area (Å²) >= 11 is 0. The van der Waals surface area contributed by atoms with Gasteiger partial charge in [0.1, 0.15) is 11.9 Å². The number of methoxy groups -OCH3 is 1. The SMILES string of the molecule is CCNC(=NCC(C)(C)OC)NCC(C)Oc1cccc(C)c1.I. The Kier molecular flexibility index (Phi) is 11.0. The molecule has 1 aromatic rings. The van der Waals surface area contributed by atoms with Gasteiger partial charge in [0.15, 0.2) is 5.96 Å². The van der Waals surface area contributed by atoms with Crippen LogP contribution in [0, 0.1) is 6.92 Å². The van der Waals surface area contributed by atoms with Crippen molar-refractivity contribution in [3.63, 3.8) is 0 Å². The fraction of sp³-hybridized carbons (Fsp3) is 0.611. The highest BCUT2D eigenvalue weighted by Gasteiger charge is 2.16. The number of aliphatic imine (C=N–C) groups is 1. The van der Waals surface area contributed by atoms with E-state index in [9.17, 15) is 0 Å². The van der Waals surface area contributed by atoms with Crippen molar-refractivity contribution in [3.8, 4) is 5.75 Å². The molecule has 0 spiro atoms. The van der Waals surface area contributed by atoms with Crippen molar-refractivity contribution in [3.05, 3.63) is 29.8 Å². The molecule has 1 unspecified atom stereocenters. The van der Waals surface area contributed by atoms with Crippen LogP contribution in [0.15, 0.2) is 29.3 Å². The van der Waals surface area contributed by atoms with E-state index in [0.29, 0.717) is 13.1 Å². The van der Waals surface area contributed by atoms with Gasteiger partial charge in [0, 0.05) is 13.7 Å². The summed E-state index contributed by atoms with van der Waals surface area (Å²) in [5, 5.41) is 6.55. The molecule has 0 aromatic heterocycles. The van der Waals surface area contributed by atoms with E-state index in [2.05, 4.69) is 28.6 Å². The number of ether oxygens (including phenoxy) is 2. The maximum atomic E-state index is 5.92. The minimum absolute atomic E-state index is 0. The summed E-state index contributed by atoms with van der Waals surface area (Å²) in [5.41, 5.74) is 0.922. The van der Waals surface area contributed by atoms with Crippen LogP contribution in [0.1, 0.15) is 33.3 Å². The maximum absolute atomic E-state index is 5.92. The first-order valence-corrected chi connectivity index (χ1v) is 8.17. The molecule has 1 aromatic carbocycles. The highest BCUT2D eigenvalue weighted by Crippen LogP contribution is 2.13. The van der Waals surface area contributed by atoms with Crippen LogP contribution in [0.25, 0.3) is 0 Å². The van der Waals surface area contributed by atoms with Crippen LogP contribution in [0.2, 0.25) is 0 Å². The first-order valence-electron chi connectivity index (χ1n) is 8.17.